The molecule has 1 amide bonds. The van der Waals surface area contributed by atoms with Crippen molar-refractivity contribution >= 4 is 11.6 Å². The molecule has 1 unspecified atom stereocenters. The summed E-state index contributed by atoms with van der Waals surface area (Å²) in [6.07, 6.45) is -0.815. The Kier molecular flexibility index (Phi) is 5.88. The van der Waals surface area contributed by atoms with Gasteiger partial charge in [0.2, 0.25) is 0 Å². The van der Waals surface area contributed by atoms with Crippen molar-refractivity contribution in [2.24, 2.45) is 0 Å². The zero-order valence-electron chi connectivity index (χ0n) is 14.6. The molecule has 6 heteroatoms. The maximum Gasteiger partial charge on any atom is 0.273 e. The van der Waals surface area contributed by atoms with Gasteiger partial charge in [0.25, 0.3) is 11.6 Å². The summed E-state index contributed by atoms with van der Waals surface area (Å²) in [7, 11) is 0. The van der Waals surface area contributed by atoms with E-state index in [1.165, 1.54) is 11.0 Å². The predicted octanol–water partition coefficient (Wildman–Crippen LogP) is 3.41. The van der Waals surface area contributed by atoms with Gasteiger partial charge in [-0.25, -0.2) is 0 Å². The predicted molar refractivity (Wildman–Crippen MR) is 95.5 cm³/mol. The summed E-state index contributed by atoms with van der Waals surface area (Å²) < 4.78 is 0. The van der Waals surface area contributed by atoms with Crippen molar-refractivity contribution < 1.29 is 14.8 Å². The highest BCUT2D eigenvalue weighted by atomic mass is 16.6. The molecule has 0 aliphatic heterocycles. The zero-order valence-corrected chi connectivity index (χ0v) is 14.6. The van der Waals surface area contributed by atoms with Gasteiger partial charge in [-0.2, -0.15) is 0 Å². The Labute approximate surface area is 146 Å². The summed E-state index contributed by atoms with van der Waals surface area (Å²) >= 11 is 0. The number of nitrogens with zero attached hydrogens (tertiary/aromatic N) is 2. The molecule has 0 bridgehead atoms. The Morgan fingerprint density at radius 2 is 1.84 bits per heavy atom. The highest BCUT2D eigenvalue weighted by Crippen LogP contribution is 2.21. The first-order chi connectivity index (χ1) is 11.8. The van der Waals surface area contributed by atoms with Crippen molar-refractivity contribution in [3.63, 3.8) is 0 Å². The molecule has 0 saturated carbocycles. The summed E-state index contributed by atoms with van der Waals surface area (Å²) in [5, 5.41) is 21.5. The third-order valence-electron chi connectivity index (χ3n) is 4.18. The quantitative estimate of drug-likeness (QED) is 0.644. The topological polar surface area (TPSA) is 83.7 Å². The van der Waals surface area contributed by atoms with Crippen LogP contribution in [0.15, 0.2) is 42.5 Å². The van der Waals surface area contributed by atoms with Crippen LogP contribution < -0.4 is 0 Å². The standard InChI is InChI=1S/C19H22N2O4/c1-4-20(12-18(22)15-8-5-13(2)6-9-15)19(23)16-10-7-14(3)17(11-16)21(24)25/h5-11,18,22H,4,12H2,1-3H3. The lowest BCUT2D eigenvalue weighted by atomic mass is 10.1. The number of aliphatic hydroxyl groups is 1. The van der Waals surface area contributed by atoms with Crippen molar-refractivity contribution in [3.05, 3.63) is 74.8 Å². The van der Waals surface area contributed by atoms with E-state index in [1.807, 2.05) is 38.1 Å². The van der Waals surface area contributed by atoms with Gasteiger partial charge in [0.1, 0.15) is 0 Å². The lowest BCUT2D eigenvalue weighted by Gasteiger charge is -2.24. The molecule has 0 radical (unpaired) electrons. The van der Waals surface area contributed by atoms with Crippen LogP contribution in [0.2, 0.25) is 0 Å². The largest absolute Gasteiger partial charge is 0.387 e. The SMILES string of the molecule is CCN(CC(O)c1ccc(C)cc1)C(=O)c1ccc(C)c([N+](=O)[O-])c1. The highest BCUT2D eigenvalue weighted by Gasteiger charge is 2.21. The second-order valence-corrected chi connectivity index (χ2v) is 6.03. The minimum atomic E-state index is -0.815. The molecular formula is C19H22N2O4. The first-order valence-electron chi connectivity index (χ1n) is 8.12. The van der Waals surface area contributed by atoms with Crippen LogP contribution in [0.1, 0.15) is 40.1 Å². The van der Waals surface area contributed by atoms with Crippen molar-refractivity contribution in [1.29, 1.82) is 0 Å². The van der Waals surface area contributed by atoms with Gasteiger partial charge in [0.15, 0.2) is 0 Å². The maximum atomic E-state index is 12.7. The first kappa shape index (κ1) is 18.6. The maximum absolute atomic E-state index is 12.7. The molecule has 0 fully saturated rings. The molecule has 25 heavy (non-hydrogen) atoms. The fourth-order valence-electron chi connectivity index (χ4n) is 2.58. The van der Waals surface area contributed by atoms with Crippen LogP contribution in [0.3, 0.4) is 0 Å². The molecule has 0 heterocycles. The number of amides is 1. The van der Waals surface area contributed by atoms with Crippen LogP contribution in [0.25, 0.3) is 0 Å². The molecule has 0 aliphatic rings. The van der Waals surface area contributed by atoms with Gasteiger partial charge in [-0.3, -0.25) is 14.9 Å². The van der Waals surface area contributed by atoms with Crippen LogP contribution in [0.5, 0.6) is 0 Å². The highest BCUT2D eigenvalue weighted by molar-refractivity contribution is 5.95. The number of rotatable bonds is 6. The zero-order chi connectivity index (χ0) is 18.6. The fourth-order valence-corrected chi connectivity index (χ4v) is 2.58. The summed E-state index contributed by atoms with van der Waals surface area (Å²) in [5.41, 5.74) is 2.48. The molecule has 0 aromatic heterocycles. The molecule has 1 atom stereocenters. The number of carbonyl (C=O) groups excluding carboxylic acids is 1. The van der Waals surface area contributed by atoms with E-state index in [2.05, 4.69) is 0 Å². The molecule has 2 rings (SSSR count). The van der Waals surface area contributed by atoms with Gasteiger partial charge >= 0.3 is 0 Å². The van der Waals surface area contributed by atoms with Crippen molar-refractivity contribution in [3.8, 4) is 0 Å². The van der Waals surface area contributed by atoms with Gasteiger partial charge in [0.05, 0.1) is 17.6 Å². The van der Waals surface area contributed by atoms with Crippen LogP contribution in [-0.4, -0.2) is 33.9 Å². The third-order valence-corrected chi connectivity index (χ3v) is 4.18. The number of aliphatic hydroxyl groups excluding tert-OH is 1. The fraction of sp³-hybridized carbons (Fsp3) is 0.316. The lowest BCUT2D eigenvalue weighted by molar-refractivity contribution is -0.385. The monoisotopic (exact) mass is 342 g/mol. The molecule has 6 nitrogen and oxygen atoms in total. The number of likely N-dealkylation sites (N-methyl/N-ethyl adjacent to an activating group) is 1. The molecule has 2 aromatic carbocycles. The van der Waals surface area contributed by atoms with E-state index in [0.717, 1.165) is 11.1 Å². The van der Waals surface area contributed by atoms with Gasteiger partial charge in [0, 0.05) is 23.7 Å². The second-order valence-electron chi connectivity index (χ2n) is 6.03. The number of hydrogen-bond acceptors (Lipinski definition) is 4. The summed E-state index contributed by atoms with van der Waals surface area (Å²) in [4.78, 5) is 24.7. The summed E-state index contributed by atoms with van der Waals surface area (Å²) in [6.45, 7) is 5.92. The molecule has 0 spiro atoms. The van der Waals surface area contributed by atoms with Crippen LogP contribution in [-0.2, 0) is 0 Å². The van der Waals surface area contributed by atoms with Crippen LogP contribution in [0.4, 0.5) is 5.69 Å². The Balaban J connectivity index is 2.19. The van der Waals surface area contributed by atoms with Crippen molar-refractivity contribution in [2.45, 2.75) is 26.9 Å². The average molecular weight is 342 g/mol. The van der Waals surface area contributed by atoms with E-state index in [0.29, 0.717) is 12.1 Å². The van der Waals surface area contributed by atoms with Crippen molar-refractivity contribution in [2.75, 3.05) is 13.1 Å². The van der Waals surface area contributed by atoms with Crippen LogP contribution in [0, 0.1) is 24.0 Å². The number of nitro groups is 1. The van der Waals surface area contributed by atoms with Crippen molar-refractivity contribution in [1.82, 2.24) is 4.90 Å². The van der Waals surface area contributed by atoms with E-state index in [9.17, 15) is 20.0 Å². The summed E-state index contributed by atoms with van der Waals surface area (Å²) in [5.74, 6) is -0.336. The Morgan fingerprint density at radius 1 is 1.20 bits per heavy atom. The number of carbonyl (C=O) groups is 1. The Morgan fingerprint density at radius 3 is 2.40 bits per heavy atom. The third kappa shape index (κ3) is 4.42. The number of aryl methyl sites for hydroxylation is 2. The number of benzene rings is 2. The number of hydrogen-bond donors (Lipinski definition) is 1. The van der Waals surface area contributed by atoms with E-state index >= 15 is 0 Å². The van der Waals surface area contributed by atoms with E-state index < -0.39 is 11.0 Å². The minimum absolute atomic E-state index is 0.0824. The number of nitro benzene ring substituents is 1. The molecule has 0 aliphatic carbocycles. The van der Waals surface area contributed by atoms with Gasteiger partial charge in [-0.15, -0.1) is 0 Å². The van der Waals surface area contributed by atoms with Gasteiger partial charge in [-0.1, -0.05) is 35.9 Å². The first-order valence-corrected chi connectivity index (χ1v) is 8.12. The Hall–Kier alpha value is -2.73. The molecule has 1 N–H and O–H groups in total. The summed E-state index contributed by atoms with van der Waals surface area (Å²) in [6, 6.07) is 11.9. The smallest absolute Gasteiger partial charge is 0.273 e. The lowest BCUT2D eigenvalue weighted by Crippen LogP contribution is -2.34. The molecule has 2 aromatic rings. The van der Waals surface area contributed by atoms with Crippen LogP contribution >= 0.6 is 0 Å². The molecular weight excluding hydrogens is 320 g/mol. The van der Waals surface area contributed by atoms with Gasteiger partial charge < -0.3 is 10.0 Å². The van der Waals surface area contributed by atoms with E-state index in [-0.39, 0.29) is 23.7 Å². The van der Waals surface area contributed by atoms with E-state index in [1.54, 1.807) is 19.1 Å². The minimum Gasteiger partial charge on any atom is -0.387 e. The van der Waals surface area contributed by atoms with E-state index in [4.69, 9.17) is 0 Å². The Bertz CT molecular complexity index is 771. The normalized spacial score (nSPS) is 11.8. The molecule has 132 valence electrons. The second kappa shape index (κ2) is 7.90. The van der Waals surface area contributed by atoms with Gasteiger partial charge in [-0.05, 0) is 32.4 Å². The molecule has 0 saturated heterocycles. The average Bonchev–Trinajstić information content (AvgIpc) is 2.59.